The van der Waals surface area contributed by atoms with Gasteiger partial charge in [-0.1, -0.05) is 0 Å². The van der Waals surface area contributed by atoms with Gasteiger partial charge in [0.1, 0.15) is 12.3 Å². The van der Waals surface area contributed by atoms with Gasteiger partial charge in [0.15, 0.2) is 5.82 Å². The molecule has 8 heteroatoms. The number of hydrogen-bond acceptors (Lipinski definition) is 6. The third-order valence-electron chi connectivity index (χ3n) is 3.60. The quantitative estimate of drug-likeness (QED) is 0.630. The molecule has 0 unspecified atom stereocenters. The Bertz CT molecular complexity index is 450. The van der Waals surface area contributed by atoms with Crippen LogP contribution in [0.2, 0.25) is 0 Å². The summed E-state index contributed by atoms with van der Waals surface area (Å²) in [6, 6.07) is -0.310. The first kappa shape index (κ1) is 12.5. The number of amides is 2. The average molecular weight is 268 g/mol. The second-order valence-corrected chi connectivity index (χ2v) is 4.84. The topological polar surface area (TPSA) is 107 Å². The lowest BCUT2D eigenvalue weighted by atomic mass is 10.1. The fraction of sp³-hybridized carbons (Fsp3) is 0.727. The van der Waals surface area contributed by atoms with E-state index in [-0.39, 0.29) is 12.6 Å². The summed E-state index contributed by atoms with van der Waals surface area (Å²) in [5, 5.41) is 29.3. The molecule has 1 saturated heterocycles. The highest BCUT2D eigenvalue weighted by Gasteiger charge is 2.40. The van der Waals surface area contributed by atoms with Gasteiger partial charge in [-0.3, -0.25) is 10.2 Å². The van der Waals surface area contributed by atoms with Crippen LogP contribution in [-0.4, -0.2) is 59.3 Å². The summed E-state index contributed by atoms with van der Waals surface area (Å²) < 4.78 is 5.50. The van der Waals surface area contributed by atoms with Crippen LogP contribution >= 0.6 is 0 Å². The molecule has 8 nitrogen and oxygen atoms in total. The lowest BCUT2D eigenvalue weighted by Gasteiger charge is -2.34. The van der Waals surface area contributed by atoms with Crippen LogP contribution in [0.3, 0.4) is 0 Å². The van der Waals surface area contributed by atoms with Crippen molar-refractivity contribution in [1.29, 1.82) is 0 Å². The highest BCUT2D eigenvalue weighted by atomic mass is 16.5. The van der Waals surface area contributed by atoms with E-state index in [0.29, 0.717) is 25.3 Å². The number of nitrogens with zero attached hydrogens (tertiary/aromatic N) is 3. The molecule has 3 aliphatic rings. The molecule has 0 aromatic carbocycles. The van der Waals surface area contributed by atoms with Crippen LogP contribution < -0.4 is 5.32 Å². The van der Waals surface area contributed by atoms with Crippen LogP contribution in [-0.2, 0) is 4.74 Å². The Labute approximate surface area is 109 Å². The average Bonchev–Trinajstić information content (AvgIpc) is 2.79. The number of nitrogens with one attached hydrogen (secondary N) is 1. The predicted octanol–water partition coefficient (Wildman–Crippen LogP) is -0.453. The molecule has 1 fully saturated rings. The summed E-state index contributed by atoms with van der Waals surface area (Å²) in [5.74, 6) is 0.532. The van der Waals surface area contributed by atoms with Crippen molar-refractivity contribution in [2.45, 2.75) is 31.3 Å². The van der Waals surface area contributed by atoms with Gasteiger partial charge in [-0.05, 0) is 12.0 Å². The van der Waals surface area contributed by atoms with Crippen LogP contribution in [0.4, 0.5) is 4.79 Å². The van der Waals surface area contributed by atoms with Crippen LogP contribution in [0.1, 0.15) is 12.8 Å². The summed E-state index contributed by atoms with van der Waals surface area (Å²) in [6.45, 7) is 0.793. The lowest BCUT2D eigenvalue weighted by molar-refractivity contribution is -0.0629. The van der Waals surface area contributed by atoms with E-state index < -0.39 is 18.4 Å². The number of hydrogen-bond donors (Lipinski definition) is 3. The molecule has 3 heterocycles. The summed E-state index contributed by atoms with van der Waals surface area (Å²) in [7, 11) is 0. The van der Waals surface area contributed by atoms with E-state index in [9.17, 15) is 9.90 Å². The number of carbonyl (C=O) groups excluding carboxylic acids is 1. The van der Waals surface area contributed by atoms with Crippen molar-refractivity contribution in [3.05, 3.63) is 11.4 Å². The van der Waals surface area contributed by atoms with E-state index >= 15 is 0 Å². The van der Waals surface area contributed by atoms with Crippen molar-refractivity contribution >= 4 is 6.03 Å². The van der Waals surface area contributed by atoms with Crippen LogP contribution in [0.5, 0.6) is 0 Å². The molecule has 3 rings (SSSR count). The fourth-order valence-electron chi connectivity index (χ4n) is 2.52. The summed E-state index contributed by atoms with van der Waals surface area (Å²) >= 11 is 0. The number of aliphatic hydroxyl groups excluding tert-OH is 2. The Hall–Kier alpha value is -1.51. The third kappa shape index (κ3) is 2.22. The Morgan fingerprint density at radius 1 is 1.53 bits per heavy atom. The number of azo groups is 1. The Morgan fingerprint density at radius 2 is 2.37 bits per heavy atom. The molecule has 0 bridgehead atoms. The van der Waals surface area contributed by atoms with Crippen molar-refractivity contribution in [3.8, 4) is 0 Å². The zero-order valence-corrected chi connectivity index (χ0v) is 10.3. The second-order valence-electron chi connectivity index (χ2n) is 4.84. The van der Waals surface area contributed by atoms with Crippen LogP contribution in [0.25, 0.3) is 0 Å². The Kier molecular flexibility index (Phi) is 3.21. The molecule has 0 aromatic rings. The zero-order valence-electron chi connectivity index (χ0n) is 10.3. The molecular weight excluding hydrogens is 252 g/mol. The molecule has 0 aromatic heterocycles. The molecule has 0 aliphatic carbocycles. The maximum atomic E-state index is 12.0. The van der Waals surface area contributed by atoms with Gasteiger partial charge in [-0.15, -0.1) is 5.11 Å². The highest BCUT2D eigenvalue weighted by Crippen LogP contribution is 2.28. The van der Waals surface area contributed by atoms with Gasteiger partial charge in [-0.25, -0.2) is 4.79 Å². The van der Waals surface area contributed by atoms with E-state index in [4.69, 9.17) is 9.84 Å². The van der Waals surface area contributed by atoms with Crippen molar-refractivity contribution < 1.29 is 19.7 Å². The normalized spacial score (nSPS) is 34.5. The molecule has 0 spiro atoms. The minimum absolute atomic E-state index is 0.255. The second kappa shape index (κ2) is 4.87. The fourth-order valence-corrected chi connectivity index (χ4v) is 2.52. The number of rotatable bonds is 2. The zero-order chi connectivity index (χ0) is 13.4. The van der Waals surface area contributed by atoms with Gasteiger partial charge < -0.3 is 14.9 Å². The van der Waals surface area contributed by atoms with Gasteiger partial charge in [0.05, 0.1) is 19.3 Å². The first-order chi connectivity index (χ1) is 9.19. The smallest absolute Gasteiger partial charge is 0.325 e. The SMILES string of the molecule is O=C1NC2=C(CCN=N2)CN1[C@H]1C[C@H](O)[C@@H](CO)O1. The van der Waals surface area contributed by atoms with Crippen molar-refractivity contribution in [3.63, 3.8) is 0 Å². The highest BCUT2D eigenvalue weighted by molar-refractivity contribution is 5.78. The molecule has 19 heavy (non-hydrogen) atoms. The lowest BCUT2D eigenvalue weighted by Crippen LogP contribution is -2.50. The first-order valence-corrected chi connectivity index (χ1v) is 6.30. The Balaban J connectivity index is 1.74. The van der Waals surface area contributed by atoms with E-state index in [1.165, 1.54) is 4.90 Å². The third-order valence-corrected chi connectivity index (χ3v) is 3.60. The van der Waals surface area contributed by atoms with Gasteiger partial charge in [0, 0.05) is 13.0 Å². The number of urea groups is 1. The number of aliphatic hydroxyl groups is 2. The van der Waals surface area contributed by atoms with Crippen LogP contribution in [0, 0.1) is 0 Å². The summed E-state index contributed by atoms with van der Waals surface area (Å²) in [6.07, 6.45) is -0.819. The molecule has 104 valence electrons. The van der Waals surface area contributed by atoms with E-state index in [1.807, 2.05) is 0 Å². The van der Waals surface area contributed by atoms with Gasteiger partial charge in [-0.2, -0.15) is 5.11 Å². The van der Waals surface area contributed by atoms with Crippen molar-refractivity contribution in [1.82, 2.24) is 10.2 Å². The van der Waals surface area contributed by atoms with E-state index in [1.54, 1.807) is 0 Å². The molecule has 3 atom stereocenters. The monoisotopic (exact) mass is 268 g/mol. The molecule has 2 amide bonds. The molecule has 0 radical (unpaired) electrons. The maximum Gasteiger partial charge on any atom is 0.325 e. The van der Waals surface area contributed by atoms with Crippen LogP contribution in [0.15, 0.2) is 21.6 Å². The van der Waals surface area contributed by atoms with E-state index in [2.05, 4.69) is 15.5 Å². The standard InChI is InChI=1S/C11H16N4O4/c16-5-8-7(17)3-9(19-8)15-4-6-1-2-12-14-10(6)13-11(15)18/h7-9,16-17H,1-5H2,(H,13,18)/t7-,8+,9+/m0/s1. The minimum atomic E-state index is -0.746. The van der Waals surface area contributed by atoms with Gasteiger partial charge in [0.25, 0.3) is 0 Å². The summed E-state index contributed by atoms with van der Waals surface area (Å²) in [4.78, 5) is 13.5. The summed E-state index contributed by atoms with van der Waals surface area (Å²) in [5.41, 5.74) is 1.01. The van der Waals surface area contributed by atoms with Gasteiger partial charge in [0.2, 0.25) is 0 Å². The van der Waals surface area contributed by atoms with Gasteiger partial charge >= 0.3 is 6.03 Å². The first-order valence-electron chi connectivity index (χ1n) is 6.30. The minimum Gasteiger partial charge on any atom is -0.394 e. The van der Waals surface area contributed by atoms with E-state index in [0.717, 1.165) is 12.0 Å². The maximum absolute atomic E-state index is 12.0. The number of carbonyl (C=O) groups is 1. The number of ether oxygens (including phenoxy) is 1. The predicted molar refractivity (Wildman–Crippen MR) is 63.0 cm³/mol. The molecule has 0 saturated carbocycles. The molecule has 3 aliphatic heterocycles. The van der Waals surface area contributed by atoms with Crippen molar-refractivity contribution in [2.24, 2.45) is 10.2 Å². The van der Waals surface area contributed by atoms with Crippen molar-refractivity contribution in [2.75, 3.05) is 19.7 Å². The molecule has 3 N–H and O–H groups in total. The molecular formula is C11H16N4O4. The largest absolute Gasteiger partial charge is 0.394 e. The Morgan fingerprint density at radius 3 is 3.11 bits per heavy atom.